The number of amides is 2. The second kappa shape index (κ2) is 12.2. The summed E-state index contributed by atoms with van der Waals surface area (Å²) in [6.45, 7) is 2.12. The third-order valence-electron chi connectivity index (χ3n) is 6.39. The first-order valence-corrected chi connectivity index (χ1v) is 12.5. The zero-order valence-electron chi connectivity index (χ0n) is 21.9. The molecule has 38 heavy (non-hydrogen) atoms. The first-order chi connectivity index (χ1) is 18.3. The van der Waals surface area contributed by atoms with Crippen LogP contribution in [0.3, 0.4) is 0 Å². The van der Waals surface area contributed by atoms with E-state index in [2.05, 4.69) is 5.32 Å². The van der Waals surface area contributed by atoms with Crippen LogP contribution >= 0.6 is 0 Å². The Morgan fingerprint density at radius 1 is 0.789 bits per heavy atom. The van der Waals surface area contributed by atoms with Gasteiger partial charge in [-0.2, -0.15) is 0 Å². The second-order valence-corrected chi connectivity index (χ2v) is 9.55. The summed E-state index contributed by atoms with van der Waals surface area (Å²) in [6.07, 6.45) is 0.134. The Balaban J connectivity index is 1.71. The lowest BCUT2D eigenvalue weighted by Crippen LogP contribution is -2.41. The molecule has 2 amide bonds. The van der Waals surface area contributed by atoms with Crippen molar-refractivity contribution >= 4 is 23.2 Å². The van der Waals surface area contributed by atoms with Crippen molar-refractivity contribution in [2.24, 2.45) is 0 Å². The quantitative estimate of drug-likeness (QED) is 0.294. The van der Waals surface area contributed by atoms with E-state index in [0.717, 1.165) is 22.4 Å². The lowest BCUT2D eigenvalue weighted by atomic mass is 10.00. The van der Waals surface area contributed by atoms with Gasteiger partial charge in [0.1, 0.15) is 11.9 Å². The minimum Gasteiger partial charge on any atom is -0.378 e. The minimum atomic E-state index is -0.898. The average Bonchev–Trinajstić information content (AvgIpc) is 2.91. The molecule has 0 aliphatic carbocycles. The van der Waals surface area contributed by atoms with Crippen molar-refractivity contribution in [3.8, 4) is 0 Å². The molecule has 1 atom stereocenters. The number of halogens is 1. The van der Waals surface area contributed by atoms with Crippen LogP contribution in [-0.4, -0.2) is 30.8 Å². The van der Waals surface area contributed by atoms with Crippen molar-refractivity contribution in [1.82, 2.24) is 4.90 Å². The predicted molar refractivity (Wildman–Crippen MR) is 150 cm³/mol. The molecule has 5 nitrogen and oxygen atoms in total. The number of carbonyl (C=O) groups excluding carboxylic acids is 2. The van der Waals surface area contributed by atoms with Crippen LogP contribution in [-0.2, 0) is 22.6 Å². The summed E-state index contributed by atoms with van der Waals surface area (Å²) in [5.74, 6) is -0.885. The zero-order valence-corrected chi connectivity index (χ0v) is 21.9. The highest BCUT2D eigenvalue weighted by molar-refractivity contribution is 5.98. The zero-order chi connectivity index (χ0) is 27.1. The van der Waals surface area contributed by atoms with Crippen LogP contribution in [0.4, 0.5) is 15.8 Å². The van der Waals surface area contributed by atoms with Gasteiger partial charge in [0, 0.05) is 32.0 Å². The summed E-state index contributed by atoms with van der Waals surface area (Å²) < 4.78 is 13.6. The molecule has 194 valence electrons. The molecule has 6 heteroatoms. The van der Waals surface area contributed by atoms with Crippen molar-refractivity contribution in [1.29, 1.82) is 0 Å². The van der Waals surface area contributed by atoms with Gasteiger partial charge in [0.25, 0.3) is 5.91 Å². The van der Waals surface area contributed by atoms with E-state index in [1.807, 2.05) is 105 Å². The van der Waals surface area contributed by atoms with Crippen LogP contribution in [0, 0.1) is 12.7 Å². The van der Waals surface area contributed by atoms with Crippen LogP contribution in [0.1, 0.15) is 28.3 Å². The molecule has 0 bridgehead atoms. The van der Waals surface area contributed by atoms with Crippen molar-refractivity contribution in [3.05, 3.63) is 131 Å². The Morgan fingerprint density at radius 2 is 1.42 bits per heavy atom. The number of nitrogens with zero attached hydrogens (tertiary/aromatic N) is 2. The molecule has 4 rings (SSSR count). The number of benzene rings is 4. The van der Waals surface area contributed by atoms with Crippen LogP contribution in [0.15, 0.2) is 103 Å². The first-order valence-electron chi connectivity index (χ1n) is 12.5. The Hall–Kier alpha value is -4.45. The molecular weight excluding hydrogens is 477 g/mol. The van der Waals surface area contributed by atoms with Gasteiger partial charge in [-0.1, -0.05) is 72.3 Å². The highest BCUT2D eigenvalue weighted by Gasteiger charge is 2.32. The largest absolute Gasteiger partial charge is 0.378 e. The van der Waals surface area contributed by atoms with Crippen LogP contribution in [0.2, 0.25) is 0 Å². The van der Waals surface area contributed by atoms with E-state index >= 15 is 0 Å². The minimum absolute atomic E-state index is 0.134. The summed E-state index contributed by atoms with van der Waals surface area (Å²) in [7, 11) is 3.90. The van der Waals surface area contributed by atoms with Crippen LogP contribution in [0.5, 0.6) is 0 Å². The van der Waals surface area contributed by atoms with Crippen molar-refractivity contribution < 1.29 is 14.0 Å². The Kier molecular flexibility index (Phi) is 8.54. The van der Waals surface area contributed by atoms with E-state index in [9.17, 15) is 14.0 Å². The maximum Gasteiger partial charge on any atom is 0.251 e. The Bertz CT molecular complexity index is 1350. The summed E-state index contributed by atoms with van der Waals surface area (Å²) in [4.78, 5) is 31.2. The second-order valence-electron chi connectivity index (χ2n) is 9.55. The van der Waals surface area contributed by atoms with Gasteiger partial charge in [0.15, 0.2) is 0 Å². The number of hydrogen-bond donors (Lipinski definition) is 1. The fourth-order valence-corrected chi connectivity index (χ4v) is 4.26. The van der Waals surface area contributed by atoms with E-state index in [1.54, 1.807) is 17.0 Å². The number of anilines is 2. The third kappa shape index (κ3) is 6.85. The monoisotopic (exact) mass is 509 g/mol. The van der Waals surface area contributed by atoms with E-state index in [1.165, 1.54) is 12.1 Å². The van der Waals surface area contributed by atoms with Crippen LogP contribution < -0.4 is 10.2 Å². The van der Waals surface area contributed by atoms with Crippen molar-refractivity contribution in [2.45, 2.75) is 25.9 Å². The van der Waals surface area contributed by atoms with Gasteiger partial charge in [-0.15, -0.1) is 0 Å². The average molecular weight is 510 g/mol. The summed E-state index contributed by atoms with van der Waals surface area (Å²) >= 11 is 0. The van der Waals surface area contributed by atoms with Gasteiger partial charge in [-0.3, -0.25) is 9.59 Å². The first kappa shape index (κ1) is 26.6. The van der Waals surface area contributed by atoms with E-state index in [-0.39, 0.29) is 30.6 Å². The van der Waals surface area contributed by atoms with Gasteiger partial charge in [-0.05, 0) is 60.0 Å². The van der Waals surface area contributed by atoms with Gasteiger partial charge < -0.3 is 15.1 Å². The maximum atomic E-state index is 13.9. The van der Waals surface area contributed by atoms with Crippen LogP contribution in [0.25, 0.3) is 0 Å². The molecule has 0 fully saturated rings. The molecule has 0 aromatic heterocycles. The Morgan fingerprint density at radius 3 is 2.03 bits per heavy atom. The van der Waals surface area contributed by atoms with E-state index < -0.39 is 6.04 Å². The number of hydrogen-bond acceptors (Lipinski definition) is 3. The molecule has 0 radical (unpaired) electrons. The predicted octanol–water partition coefficient (Wildman–Crippen LogP) is 6.15. The normalized spacial score (nSPS) is 11.5. The molecule has 0 saturated carbocycles. The molecule has 0 aliphatic heterocycles. The molecule has 4 aromatic carbocycles. The standard InChI is InChI=1S/C32H32FN3O2/c1-23-9-13-26(14-10-23)31(32(38)34-28-17-19-29(20-18-28)35(2)3)36(22-25-11-15-27(33)16-12-25)30(37)21-24-7-5-4-6-8-24/h4-20,31H,21-22H2,1-3H3,(H,34,38)/t31-/m1/s1. The summed E-state index contributed by atoms with van der Waals surface area (Å²) in [6, 6.07) is 29.7. The van der Waals surface area contributed by atoms with Gasteiger partial charge in [0.05, 0.1) is 6.42 Å². The van der Waals surface area contributed by atoms with Crippen molar-refractivity contribution in [3.63, 3.8) is 0 Å². The summed E-state index contributed by atoms with van der Waals surface area (Å²) in [5, 5.41) is 3.00. The topological polar surface area (TPSA) is 52.7 Å². The smallest absolute Gasteiger partial charge is 0.251 e. The van der Waals surface area contributed by atoms with Gasteiger partial charge in [0.2, 0.25) is 5.91 Å². The highest BCUT2D eigenvalue weighted by Crippen LogP contribution is 2.27. The SMILES string of the molecule is Cc1ccc([C@H](C(=O)Nc2ccc(N(C)C)cc2)N(Cc2ccc(F)cc2)C(=O)Cc2ccccc2)cc1. The molecule has 1 N–H and O–H groups in total. The highest BCUT2D eigenvalue weighted by atomic mass is 19.1. The third-order valence-corrected chi connectivity index (χ3v) is 6.39. The maximum absolute atomic E-state index is 13.9. The lowest BCUT2D eigenvalue weighted by Gasteiger charge is -2.32. The van der Waals surface area contributed by atoms with E-state index in [4.69, 9.17) is 0 Å². The molecule has 0 aliphatic rings. The van der Waals surface area contributed by atoms with E-state index in [0.29, 0.717) is 11.3 Å². The number of carbonyl (C=O) groups is 2. The van der Waals surface area contributed by atoms with Gasteiger partial charge >= 0.3 is 0 Å². The fraction of sp³-hybridized carbons (Fsp3) is 0.188. The number of nitrogens with one attached hydrogen (secondary N) is 1. The molecule has 4 aromatic rings. The molecule has 0 unspecified atom stereocenters. The molecule has 0 saturated heterocycles. The molecule has 0 heterocycles. The lowest BCUT2D eigenvalue weighted by molar-refractivity contribution is -0.139. The number of rotatable bonds is 9. The molecule has 0 spiro atoms. The Labute approximate surface area is 223 Å². The summed E-state index contributed by atoms with van der Waals surface area (Å²) in [5.41, 5.74) is 4.97. The van der Waals surface area contributed by atoms with Gasteiger partial charge in [-0.25, -0.2) is 4.39 Å². The molecular formula is C32H32FN3O2. The fourth-order valence-electron chi connectivity index (χ4n) is 4.26. The number of aryl methyl sites for hydroxylation is 1. The van der Waals surface area contributed by atoms with Crippen molar-refractivity contribution in [2.75, 3.05) is 24.3 Å².